The average Bonchev–Trinajstić information content (AvgIpc) is 2.71. The number of carboxylic acid groups (broad SMARTS) is 1. The molecule has 7 nitrogen and oxygen atoms in total. The van der Waals surface area contributed by atoms with Gasteiger partial charge in [0.2, 0.25) is 0 Å². The van der Waals surface area contributed by atoms with Crippen LogP contribution in [0, 0.1) is 0 Å². The molecule has 0 fully saturated rings. The number of aromatic nitrogens is 2. The number of aliphatic carboxylic acids is 1. The number of carboxylic acids is 1. The first-order valence-corrected chi connectivity index (χ1v) is 10.2. The van der Waals surface area contributed by atoms with Gasteiger partial charge in [-0.1, -0.05) is 30.0 Å². The topological polar surface area (TPSA) is 90.6 Å². The predicted octanol–water partition coefficient (Wildman–Crippen LogP) is 3.42. The second kappa shape index (κ2) is 9.47. The van der Waals surface area contributed by atoms with Crippen LogP contribution in [0.15, 0.2) is 52.4 Å². The van der Waals surface area contributed by atoms with Crippen LogP contribution in [0.2, 0.25) is 0 Å². The molecule has 0 bridgehead atoms. The molecule has 0 unspecified atom stereocenters. The number of hydrogen-bond donors (Lipinski definition) is 1. The highest BCUT2D eigenvalue weighted by Crippen LogP contribution is 2.29. The summed E-state index contributed by atoms with van der Waals surface area (Å²) in [4.78, 5) is 28.6. The fourth-order valence-electron chi connectivity index (χ4n) is 2.90. The van der Waals surface area contributed by atoms with Crippen molar-refractivity contribution in [2.24, 2.45) is 0 Å². The molecule has 3 rings (SSSR count). The maximum Gasteiger partial charge on any atom is 0.304 e. The predicted molar refractivity (Wildman–Crippen MR) is 112 cm³/mol. The van der Waals surface area contributed by atoms with E-state index in [1.807, 2.05) is 25.1 Å². The van der Waals surface area contributed by atoms with Crippen molar-refractivity contribution in [3.63, 3.8) is 0 Å². The summed E-state index contributed by atoms with van der Waals surface area (Å²) < 4.78 is 12.5. The number of thioether (sulfide) groups is 1. The summed E-state index contributed by atoms with van der Waals surface area (Å²) >= 11 is 1.26. The Bertz CT molecular complexity index is 1080. The van der Waals surface area contributed by atoms with Crippen LogP contribution < -0.4 is 15.0 Å². The molecule has 0 saturated carbocycles. The van der Waals surface area contributed by atoms with Gasteiger partial charge in [-0.2, -0.15) is 0 Å². The summed E-state index contributed by atoms with van der Waals surface area (Å²) in [5.41, 5.74) is 1.28. The first kappa shape index (κ1) is 20.7. The molecule has 1 N–H and O–H groups in total. The molecule has 0 spiro atoms. The lowest BCUT2D eigenvalue weighted by atomic mass is 10.2. The molecule has 0 amide bonds. The molecular formula is C21H22N2O5S. The van der Waals surface area contributed by atoms with Gasteiger partial charge in [0, 0.05) is 5.75 Å². The smallest absolute Gasteiger partial charge is 0.304 e. The SMILES string of the molecule is CCOc1cc(Cn2c(SCCC(=O)O)nc3ccccc3c2=O)ccc1OC. The Labute approximate surface area is 172 Å². The zero-order chi connectivity index (χ0) is 20.8. The van der Waals surface area contributed by atoms with Crippen LogP contribution in [-0.4, -0.2) is 40.1 Å². The molecule has 1 aromatic heterocycles. The van der Waals surface area contributed by atoms with Gasteiger partial charge in [-0.15, -0.1) is 0 Å². The van der Waals surface area contributed by atoms with Gasteiger partial charge in [-0.25, -0.2) is 4.98 Å². The number of ether oxygens (including phenoxy) is 2. The second-order valence-corrected chi connectivity index (χ2v) is 7.28. The number of rotatable bonds is 9. The molecule has 3 aromatic rings. The van der Waals surface area contributed by atoms with Crippen molar-refractivity contribution in [2.75, 3.05) is 19.5 Å². The number of hydrogen-bond acceptors (Lipinski definition) is 6. The van der Waals surface area contributed by atoms with Crippen molar-refractivity contribution in [1.82, 2.24) is 9.55 Å². The highest BCUT2D eigenvalue weighted by atomic mass is 32.2. The normalized spacial score (nSPS) is 10.8. The lowest BCUT2D eigenvalue weighted by Gasteiger charge is -2.15. The Morgan fingerprint density at radius 1 is 1.21 bits per heavy atom. The summed E-state index contributed by atoms with van der Waals surface area (Å²) in [7, 11) is 1.58. The maximum absolute atomic E-state index is 13.1. The number of nitrogens with zero attached hydrogens (tertiary/aromatic N) is 2. The quantitative estimate of drug-likeness (QED) is 0.424. The van der Waals surface area contributed by atoms with Crippen LogP contribution in [0.25, 0.3) is 10.9 Å². The van der Waals surface area contributed by atoms with Crippen LogP contribution in [0.5, 0.6) is 11.5 Å². The highest BCUT2D eigenvalue weighted by Gasteiger charge is 2.14. The molecule has 0 aliphatic carbocycles. The number of fused-ring (bicyclic) bond motifs is 1. The standard InChI is InChI=1S/C21H22N2O5S/c1-3-28-18-12-14(8-9-17(18)27-2)13-23-20(26)15-6-4-5-7-16(15)22-21(23)29-11-10-19(24)25/h4-9,12H,3,10-11,13H2,1-2H3,(H,24,25). The van der Waals surface area contributed by atoms with Crippen molar-refractivity contribution < 1.29 is 19.4 Å². The van der Waals surface area contributed by atoms with Gasteiger partial charge in [-0.05, 0) is 36.8 Å². The molecule has 1 heterocycles. The third-order valence-corrected chi connectivity index (χ3v) is 5.22. The Balaban J connectivity index is 2.02. The zero-order valence-corrected chi connectivity index (χ0v) is 17.1. The summed E-state index contributed by atoms with van der Waals surface area (Å²) in [6.07, 6.45) is -0.00954. The number of methoxy groups -OCH3 is 1. The summed E-state index contributed by atoms with van der Waals surface area (Å²) in [6, 6.07) is 12.7. The molecule has 2 aromatic carbocycles. The minimum Gasteiger partial charge on any atom is -0.493 e. The average molecular weight is 414 g/mol. The van der Waals surface area contributed by atoms with Crippen LogP contribution in [0.4, 0.5) is 0 Å². The third kappa shape index (κ3) is 4.89. The lowest BCUT2D eigenvalue weighted by Crippen LogP contribution is -2.24. The Morgan fingerprint density at radius 3 is 2.72 bits per heavy atom. The molecule has 8 heteroatoms. The van der Waals surface area contributed by atoms with E-state index in [2.05, 4.69) is 4.98 Å². The van der Waals surface area contributed by atoms with Crippen molar-refractivity contribution >= 4 is 28.6 Å². The fourth-order valence-corrected chi connectivity index (χ4v) is 3.82. The maximum atomic E-state index is 13.1. The largest absolute Gasteiger partial charge is 0.493 e. The summed E-state index contributed by atoms with van der Waals surface area (Å²) in [6.45, 7) is 2.67. The number of benzene rings is 2. The Morgan fingerprint density at radius 2 is 2.00 bits per heavy atom. The number of carbonyl (C=O) groups is 1. The monoisotopic (exact) mass is 414 g/mol. The van der Waals surface area contributed by atoms with E-state index in [1.54, 1.807) is 35.9 Å². The first-order chi connectivity index (χ1) is 14.0. The van der Waals surface area contributed by atoms with Gasteiger partial charge < -0.3 is 14.6 Å². The van der Waals surface area contributed by atoms with E-state index >= 15 is 0 Å². The summed E-state index contributed by atoms with van der Waals surface area (Å²) in [5, 5.41) is 9.94. The third-order valence-electron chi connectivity index (χ3n) is 4.24. The van der Waals surface area contributed by atoms with Crippen LogP contribution in [0.3, 0.4) is 0 Å². The number of para-hydroxylation sites is 1. The van der Waals surface area contributed by atoms with Gasteiger partial charge in [0.05, 0.1) is 37.6 Å². The molecule has 152 valence electrons. The first-order valence-electron chi connectivity index (χ1n) is 9.17. The van der Waals surface area contributed by atoms with E-state index in [1.165, 1.54) is 11.8 Å². The Kier molecular flexibility index (Phi) is 6.77. The van der Waals surface area contributed by atoms with E-state index in [-0.39, 0.29) is 18.5 Å². The van der Waals surface area contributed by atoms with Crippen LogP contribution in [0.1, 0.15) is 18.9 Å². The van der Waals surface area contributed by atoms with Crippen LogP contribution in [-0.2, 0) is 11.3 Å². The molecular weight excluding hydrogens is 392 g/mol. The minimum absolute atomic E-state index is 0.00954. The van der Waals surface area contributed by atoms with E-state index < -0.39 is 5.97 Å². The highest BCUT2D eigenvalue weighted by molar-refractivity contribution is 7.99. The van der Waals surface area contributed by atoms with Gasteiger partial charge in [-0.3, -0.25) is 14.2 Å². The van der Waals surface area contributed by atoms with Gasteiger partial charge in [0.15, 0.2) is 16.7 Å². The van der Waals surface area contributed by atoms with Gasteiger partial charge in [0.1, 0.15) is 0 Å². The molecule has 0 atom stereocenters. The Hall–Kier alpha value is -3.00. The lowest BCUT2D eigenvalue weighted by molar-refractivity contribution is -0.136. The van der Waals surface area contributed by atoms with E-state index in [9.17, 15) is 9.59 Å². The summed E-state index contributed by atoms with van der Waals surface area (Å²) in [5.74, 6) is 0.668. The van der Waals surface area contributed by atoms with E-state index in [0.29, 0.717) is 39.9 Å². The second-order valence-electron chi connectivity index (χ2n) is 6.21. The van der Waals surface area contributed by atoms with Crippen molar-refractivity contribution in [1.29, 1.82) is 0 Å². The van der Waals surface area contributed by atoms with Crippen molar-refractivity contribution in [3.8, 4) is 11.5 Å². The van der Waals surface area contributed by atoms with Crippen molar-refractivity contribution in [2.45, 2.75) is 25.0 Å². The molecule has 0 aliphatic rings. The van der Waals surface area contributed by atoms with E-state index in [0.717, 1.165) is 5.56 Å². The van der Waals surface area contributed by atoms with E-state index in [4.69, 9.17) is 14.6 Å². The van der Waals surface area contributed by atoms with Gasteiger partial charge in [0.25, 0.3) is 5.56 Å². The molecule has 0 aliphatic heterocycles. The zero-order valence-electron chi connectivity index (χ0n) is 16.3. The molecule has 29 heavy (non-hydrogen) atoms. The fraction of sp³-hybridized carbons (Fsp3) is 0.286. The van der Waals surface area contributed by atoms with Crippen molar-refractivity contribution in [3.05, 3.63) is 58.4 Å². The van der Waals surface area contributed by atoms with Crippen LogP contribution >= 0.6 is 11.8 Å². The minimum atomic E-state index is -0.885. The molecule has 0 saturated heterocycles. The van der Waals surface area contributed by atoms with Gasteiger partial charge >= 0.3 is 5.97 Å². The molecule has 0 radical (unpaired) electrons.